The molecule has 3 heterocycles. The smallest absolute Gasteiger partial charge is 0.137 e. The van der Waals surface area contributed by atoms with E-state index in [2.05, 4.69) is 20.5 Å². The van der Waals surface area contributed by atoms with Crippen LogP contribution in [0, 0.1) is 5.92 Å². The van der Waals surface area contributed by atoms with Crippen molar-refractivity contribution in [3.8, 4) is 0 Å². The van der Waals surface area contributed by atoms with Crippen molar-refractivity contribution in [2.45, 2.75) is 32.4 Å². The highest BCUT2D eigenvalue weighted by molar-refractivity contribution is 5.39. The topological polar surface area (TPSA) is 40.8 Å². The van der Waals surface area contributed by atoms with Gasteiger partial charge in [-0.15, -0.1) is 0 Å². The van der Waals surface area contributed by atoms with Crippen molar-refractivity contribution in [1.29, 1.82) is 0 Å². The first-order chi connectivity index (χ1) is 9.22. The van der Waals surface area contributed by atoms with Gasteiger partial charge in [0.1, 0.15) is 5.65 Å². The van der Waals surface area contributed by atoms with E-state index in [0.717, 1.165) is 37.4 Å². The molecule has 4 heteroatoms. The first kappa shape index (κ1) is 12.6. The van der Waals surface area contributed by atoms with E-state index in [9.17, 15) is 5.11 Å². The summed E-state index contributed by atoms with van der Waals surface area (Å²) in [7, 11) is 0. The number of aliphatic hydroxyl groups is 1. The summed E-state index contributed by atoms with van der Waals surface area (Å²) in [6.07, 6.45) is 6.23. The van der Waals surface area contributed by atoms with E-state index in [1.54, 1.807) is 0 Å². The molecule has 2 aromatic heterocycles. The van der Waals surface area contributed by atoms with Gasteiger partial charge in [0, 0.05) is 25.5 Å². The fraction of sp³-hybridized carbons (Fsp3) is 0.533. The van der Waals surface area contributed by atoms with Gasteiger partial charge in [0.05, 0.1) is 11.8 Å². The highest BCUT2D eigenvalue weighted by atomic mass is 16.3. The highest BCUT2D eigenvalue weighted by Crippen LogP contribution is 2.21. The monoisotopic (exact) mass is 259 g/mol. The minimum Gasteiger partial charge on any atom is -0.393 e. The van der Waals surface area contributed by atoms with Gasteiger partial charge in [-0.1, -0.05) is 6.07 Å². The number of likely N-dealkylation sites (tertiary alicyclic amines) is 1. The third-order valence-electron chi connectivity index (χ3n) is 4.02. The second-order valence-corrected chi connectivity index (χ2v) is 5.58. The molecule has 0 aliphatic carbocycles. The largest absolute Gasteiger partial charge is 0.393 e. The van der Waals surface area contributed by atoms with Crippen LogP contribution in [0.1, 0.15) is 25.5 Å². The molecule has 4 nitrogen and oxygen atoms in total. The summed E-state index contributed by atoms with van der Waals surface area (Å²) in [5, 5.41) is 9.73. The second kappa shape index (κ2) is 5.31. The Balaban J connectivity index is 1.70. The Morgan fingerprint density at radius 3 is 3.16 bits per heavy atom. The number of piperidine rings is 1. The van der Waals surface area contributed by atoms with Crippen LogP contribution in [0.2, 0.25) is 0 Å². The van der Waals surface area contributed by atoms with Crippen LogP contribution in [-0.2, 0) is 6.54 Å². The lowest BCUT2D eigenvalue weighted by Crippen LogP contribution is -2.39. The third kappa shape index (κ3) is 2.80. The van der Waals surface area contributed by atoms with Crippen LogP contribution < -0.4 is 0 Å². The summed E-state index contributed by atoms with van der Waals surface area (Å²) in [6.45, 7) is 4.87. The van der Waals surface area contributed by atoms with E-state index in [4.69, 9.17) is 0 Å². The number of aromatic nitrogens is 2. The molecule has 0 saturated carbocycles. The average molecular weight is 259 g/mol. The van der Waals surface area contributed by atoms with E-state index in [1.165, 1.54) is 6.42 Å². The number of nitrogens with zero attached hydrogens (tertiary/aromatic N) is 3. The molecule has 2 aromatic rings. The highest BCUT2D eigenvalue weighted by Gasteiger charge is 2.23. The lowest BCUT2D eigenvalue weighted by atomic mass is 9.93. The SMILES string of the molecule is CC(O)C1CCCN(Cc2cn3ccccc3n2)C1. The van der Waals surface area contributed by atoms with E-state index >= 15 is 0 Å². The fourth-order valence-electron chi connectivity index (χ4n) is 2.92. The van der Waals surface area contributed by atoms with Crippen molar-refractivity contribution in [3.05, 3.63) is 36.3 Å². The molecule has 2 atom stereocenters. The Morgan fingerprint density at radius 1 is 1.47 bits per heavy atom. The Kier molecular flexibility index (Phi) is 3.53. The number of hydrogen-bond acceptors (Lipinski definition) is 3. The van der Waals surface area contributed by atoms with Gasteiger partial charge in [-0.05, 0) is 44.4 Å². The quantitative estimate of drug-likeness (QED) is 0.915. The van der Waals surface area contributed by atoms with Crippen molar-refractivity contribution in [2.75, 3.05) is 13.1 Å². The van der Waals surface area contributed by atoms with Gasteiger partial charge in [0.15, 0.2) is 0 Å². The van der Waals surface area contributed by atoms with E-state index in [1.807, 2.05) is 31.3 Å². The van der Waals surface area contributed by atoms with Crippen molar-refractivity contribution in [2.24, 2.45) is 5.92 Å². The van der Waals surface area contributed by atoms with Gasteiger partial charge in [0.2, 0.25) is 0 Å². The molecule has 0 radical (unpaired) electrons. The molecular formula is C15H21N3O. The lowest BCUT2D eigenvalue weighted by molar-refractivity contribution is 0.0595. The van der Waals surface area contributed by atoms with E-state index in [-0.39, 0.29) is 6.10 Å². The zero-order chi connectivity index (χ0) is 13.2. The Morgan fingerprint density at radius 2 is 2.37 bits per heavy atom. The molecule has 1 aliphatic rings. The minimum absolute atomic E-state index is 0.205. The lowest BCUT2D eigenvalue weighted by Gasteiger charge is -2.33. The number of pyridine rings is 1. The number of fused-ring (bicyclic) bond motifs is 1. The molecule has 0 bridgehead atoms. The molecule has 2 unspecified atom stereocenters. The van der Waals surface area contributed by atoms with Gasteiger partial charge in [-0.2, -0.15) is 0 Å². The van der Waals surface area contributed by atoms with Crippen molar-refractivity contribution >= 4 is 5.65 Å². The van der Waals surface area contributed by atoms with Crippen LogP contribution >= 0.6 is 0 Å². The molecule has 3 rings (SSSR count). The van der Waals surface area contributed by atoms with Crippen LogP contribution in [-0.4, -0.2) is 38.6 Å². The number of aliphatic hydroxyl groups excluding tert-OH is 1. The average Bonchev–Trinajstić information content (AvgIpc) is 2.81. The van der Waals surface area contributed by atoms with Crippen LogP contribution in [0.4, 0.5) is 0 Å². The Hall–Kier alpha value is -1.39. The van der Waals surface area contributed by atoms with Crippen LogP contribution in [0.5, 0.6) is 0 Å². The molecular weight excluding hydrogens is 238 g/mol. The summed E-state index contributed by atoms with van der Waals surface area (Å²) < 4.78 is 2.06. The zero-order valence-corrected chi connectivity index (χ0v) is 11.4. The van der Waals surface area contributed by atoms with Gasteiger partial charge >= 0.3 is 0 Å². The molecule has 0 aromatic carbocycles. The van der Waals surface area contributed by atoms with Gasteiger partial charge in [-0.25, -0.2) is 4.98 Å². The minimum atomic E-state index is -0.205. The molecule has 1 saturated heterocycles. The number of imidazole rings is 1. The molecule has 19 heavy (non-hydrogen) atoms. The standard InChI is InChI=1S/C15H21N3O/c1-12(19)13-5-4-7-17(9-13)10-14-11-18-8-3-2-6-15(18)16-14/h2-3,6,8,11-13,19H,4-5,7,9-10H2,1H3. The number of rotatable bonds is 3. The second-order valence-electron chi connectivity index (χ2n) is 5.58. The summed E-state index contributed by atoms with van der Waals surface area (Å²) in [5.41, 5.74) is 2.11. The van der Waals surface area contributed by atoms with Crippen molar-refractivity contribution in [3.63, 3.8) is 0 Å². The van der Waals surface area contributed by atoms with Crippen molar-refractivity contribution < 1.29 is 5.11 Å². The van der Waals surface area contributed by atoms with Crippen LogP contribution in [0.15, 0.2) is 30.6 Å². The molecule has 102 valence electrons. The predicted octanol–water partition coefficient (Wildman–Crippen LogP) is 1.93. The Bertz CT molecular complexity index is 516. The molecule has 1 aliphatic heterocycles. The molecule has 1 fully saturated rings. The van der Waals surface area contributed by atoms with E-state index < -0.39 is 0 Å². The molecule has 0 spiro atoms. The maximum absolute atomic E-state index is 9.73. The molecule has 0 amide bonds. The first-order valence-corrected chi connectivity index (χ1v) is 7.05. The van der Waals surface area contributed by atoms with Crippen molar-refractivity contribution in [1.82, 2.24) is 14.3 Å². The maximum Gasteiger partial charge on any atom is 0.137 e. The fourth-order valence-corrected chi connectivity index (χ4v) is 2.92. The van der Waals surface area contributed by atoms with E-state index in [0.29, 0.717) is 5.92 Å². The summed E-state index contributed by atoms with van der Waals surface area (Å²) in [4.78, 5) is 7.04. The molecule has 1 N–H and O–H groups in total. The van der Waals surface area contributed by atoms with Crippen LogP contribution in [0.25, 0.3) is 5.65 Å². The third-order valence-corrected chi connectivity index (χ3v) is 4.02. The predicted molar refractivity (Wildman–Crippen MR) is 74.9 cm³/mol. The maximum atomic E-state index is 9.73. The van der Waals surface area contributed by atoms with Crippen LogP contribution in [0.3, 0.4) is 0 Å². The summed E-state index contributed by atoms with van der Waals surface area (Å²) >= 11 is 0. The summed E-state index contributed by atoms with van der Waals surface area (Å²) in [6, 6.07) is 6.05. The summed E-state index contributed by atoms with van der Waals surface area (Å²) in [5.74, 6) is 0.408. The van der Waals surface area contributed by atoms with Gasteiger partial charge < -0.3 is 9.51 Å². The Labute approximate surface area is 113 Å². The first-order valence-electron chi connectivity index (χ1n) is 7.05. The van der Waals surface area contributed by atoms with Gasteiger partial charge in [-0.3, -0.25) is 4.90 Å². The zero-order valence-electron chi connectivity index (χ0n) is 11.4. The number of hydrogen-bond donors (Lipinski definition) is 1. The van der Waals surface area contributed by atoms with Gasteiger partial charge in [0.25, 0.3) is 0 Å². The normalized spacial score (nSPS) is 22.7.